The second-order valence-corrected chi connectivity index (χ2v) is 4.30. The van der Waals surface area contributed by atoms with E-state index in [0.717, 1.165) is 4.57 Å². The van der Waals surface area contributed by atoms with Crippen LogP contribution >= 0.6 is 0 Å². The molecule has 88 valence electrons. The molecule has 0 radical (unpaired) electrons. The Morgan fingerprint density at radius 2 is 2.31 bits per heavy atom. The highest BCUT2D eigenvalue weighted by Crippen LogP contribution is 2.39. The number of alkyl halides is 1. The quantitative estimate of drug-likeness (QED) is 0.764. The van der Waals surface area contributed by atoms with Crippen molar-refractivity contribution in [3.63, 3.8) is 0 Å². The van der Waals surface area contributed by atoms with Gasteiger partial charge < -0.3 is 4.74 Å². The number of hydrogen-bond donors (Lipinski definition) is 1. The van der Waals surface area contributed by atoms with Crippen LogP contribution in [-0.2, 0) is 4.74 Å². The van der Waals surface area contributed by atoms with E-state index in [9.17, 15) is 14.0 Å². The average Bonchev–Trinajstić information content (AvgIpc) is 2.39. The lowest BCUT2D eigenvalue weighted by atomic mass is 10.0. The smallest absolute Gasteiger partial charge is 0.330 e. The molecule has 2 rings (SSSR count). The van der Waals surface area contributed by atoms with Gasteiger partial charge in [0.2, 0.25) is 0 Å². The van der Waals surface area contributed by atoms with Gasteiger partial charge in [-0.25, -0.2) is 9.18 Å². The van der Waals surface area contributed by atoms with Crippen molar-refractivity contribution in [1.29, 1.82) is 0 Å². The van der Waals surface area contributed by atoms with Crippen LogP contribution in [0.1, 0.15) is 26.5 Å². The maximum absolute atomic E-state index is 14.1. The number of aromatic amines is 1. The minimum atomic E-state index is -1.61. The van der Waals surface area contributed by atoms with E-state index in [1.165, 1.54) is 19.2 Å². The first-order valence-electron chi connectivity index (χ1n) is 5.06. The lowest BCUT2D eigenvalue weighted by Gasteiger charge is -2.22. The van der Waals surface area contributed by atoms with Crippen LogP contribution in [0.2, 0.25) is 0 Å². The SMILES string of the molecule is CC1CC(C)(F)C(n2ccc(=O)[nH]c2=O)O1. The van der Waals surface area contributed by atoms with Gasteiger partial charge in [0.25, 0.3) is 5.56 Å². The van der Waals surface area contributed by atoms with E-state index in [-0.39, 0.29) is 12.5 Å². The summed E-state index contributed by atoms with van der Waals surface area (Å²) in [6.45, 7) is 3.13. The topological polar surface area (TPSA) is 64.1 Å². The Hall–Kier alpha value is -1.43. The first-order chi connectivity index (χ1) is 7.40. The molecule has 16 heavy (non-hydrogen) atoms. The van der Waals surface area contributed by atoms with Gasteiger partial charge in [-0.3, -0.25) is 14.3 Å². The Morgan fingerprint density at radius 1 is 1.62 bits per heavy atom. The highest BCUT2D eigenvalue weighted by molar-refractivity contribution is 4.94. The van der Waals surface area contributed by atoms with E-state index in [1.807, 2.05) is 0 Å². The van der Waals surface area contributed by atoms with Crippen LogP contribution in [0.5, 0.6) is 0 Å². The number of nitrogens with one attached hydrogen (secondary N) is 1. The van der Waals surface area contributed by atoms with Crippen LogP contribution in [0.25, 0.3) is 0 Å². The minimum Gasteiger partial charge on any atom is -0.351 e. The molecule has 1 aromatic rings. The first kappa shape index (κ1) is 11.1. The zero-order valence-corrected chi connectivity index (χ0v) is 9.07. The fourth-order valence-corrected chi connectivity index (χ4v) is 2.04. The second kappa shape index (κ2) is 3.55. The number of halogens is 1. The highest BCUT2D eigenvalue weighted by Gasteiger charge is 2.45. The van der Waals surface area contributed by atoms with Crippen LogP contribution in [0.3, 0.4) is 0 Å². The Kier molecular flexibility index (Phi) is 2.46. The molecule has 0 bridgehead atoms. The van der Waals surface area contributed by atoms with Gasteiger partial charge >= 0.3 is 5.69 Å². The van der Waals surface area contributed by atoms with E-state index in [2.05, 4.69) is 4.98 Å². The van der Waals surface area contributed by atoms with Gasteiger partial charge in [0.1, 0.15) is 0 Å². The average molecular weight is 228 g/mol. The highest BCUT2D eigenvalue weighted by atomic mass is 19.1. The molecule has 6 heteroatoms. The van der Waals surface area contributed by atoms with E-state index in [4.69, 9.17) is 4.74 Å². The minimum absolute atomic E-state index is 0.225. The summed E-state index contributed by atoms with van der Waals surface area (Å²) in [7, 11) is 0. The largest absolute Gasteiger partial charge is 0.351 e. The van der Waals surface area contributed by atoms with Crippen LogP contribution < -0.4 is 11.2 Å². The number of H-pyrrole nitrogens is 1. The van der Waals surface area contributed by atoms with Crippen LogP contribution in [0.15, 0.2) is 21.9 Å². The molecule has 2 heterocycles. The van der Waals surface area contributed by atoms with Crippen molar-refractivity contribution < 1.29 is 9.13 Å². The number of ether oxygens (including phenoxy) is 1. The molecule has 1 aliphatic rings. The molecule has 0 spiro atoms. The molecule has 1 saturated heterocycles. The lowest BCUT2D eigenvalue weighted by molar-refractivity contribution is -0.0449. The molecule has 0 amide bonds. The number of aromatic nitrogens is 2. The van der Waals surface area contributed by atoms with Crippen molar-refractivity contribution in [1.82, 2.24) is 9.55 Å². The van der Waals surface area contributed by atoms with Gasteiger partial charge in [0.05, 0.1) is 6.10 Å². The molecule has 0 saturated carbocycles. The zero-order chi connectivity index (χ0) is 11.9. The molecule has 1 N–H and O–H groups in total. The van der Waals surface area contributed by atoms with Crippen LogP contribution in [0, 0.1) is 0 Å². The van der Waals surface area contributed by atoms with Gasteiger partial charge in [-0.2, -0.15) is 0 Å². The Balaban J connectivity index is 2.45. The third kappa shape index (κ3) is 1.80. The molecule has 3 unspecified atom stereocenters. The summed E-state index contributed by atoms with van der Waals surface area (Å²) in [6, 6.07) is 1.17. The Morgan fingerprint density at radius 3 is 2.81 bits per heavy atom. The predicted octanol–water partition coefficient (Wildman–Crippen LogP) is 0.572. The Bertz CT molecular complexity index is 505. The molecular weight excluding hydrogens is 215 g/mol. The standard InChI is InChI=1S/C10H13FN2O3/c1-6-5-10(2,11)8(16-6)13-4-3-7(14)12-9(13)15/h3-4,6,8H,5H2,1-2H3,(H,12,14,15). The van der Waals surface area contributed by atoms with Gasteiger partial charge in [0.15, 0.2) is 11.9 Å². The fourth-order valence-electron chi connectivity index (χ4n) is 2.04. The lowest BCUT2D eigenvalue weighted by Crippen LogP contribution is -2.38. The van der Waals surface area contributed by atoms with E-state index < -0.39 is 23.1 Å². The second-order valence-electron chi connectivity index (χ2n) is 4.30. The third-order valence-electron chi connectivity index (χ3n) is 2.67. The molecule has 0 aliphatic carbocycles. The van der Waals surface area contributed by atoms with Gasteiger partial charge in [-0.05, 0) is 13.8 Å². The summed E-state index contributed by atoms with van der Waals surface area (Å²) in [5.74, 6) is 0. The monoisotopic (exact) mass is 228 g/mol. The predicted molar refractivity (Wildman–Crippen MR) is 55.0 cm³/mol. The summed E-state index contributed by atoms with van der Waals surface area (Å²) in [6.07, 6.45) is 0.246. The summed E-state index contributed by atoms with van der Waals surface area (Å²) in [5.41, 5.74) is -2.77. The van der Waals surface area contributed by atoms with Crippen LogP contribution in [0.4, 0.5) is 4.39 Å². The van der Waals surface area contributed by atoms with E-state index in [0.29, 0.717) is 0 Å². The molecule has 1 aliphatic heterocycles. The number of nitrogens with zero attached hydrogens (tertiary/aromatic N) is 1. The fraction of sp³-hybridized carbons (Fsp3) is 0.600. The number of hydrogen-bond acceptors (Lipinski definition) is 3. The summed E-state index contributed by atoms with van der Waals surface area (Å²) < 4.78 is 20.5. The maximum atomic E-state index is 14.1. The van der Waals surface area contributed by atoms with Gasteiger partial charge in [-0.15, -0.1) is 0 Å². The molecule has 1 aromatic heterocycles. The Labute approximate surface area is 90.9 Å². The van der Waals surface area contributed by atoms with E-state index in [1.54, 1.807) is 6.92 Å². The van der Waals surface area contributed by atoms with Crippen molar-refractivity contribution in [2.24, 2.45) is 0 Å². The van der Waals surface area contributed by atoms with Crippen molar-refractivity contribution in [3.8, 4) is 0 Å². The third-order valence-corrected chi connectivity index (χ3v) is 2.67. The van der Waals surface area contributed by atoms with Crippen molar-refractivity contribution in [2.75, 3.05) is 0 Å². The van der Waals surface area contributed by atoms with Crippen LogP contribution in [-0.4, -0.2) is 21.3 Å². The summed E-state index contributed by atoms with van der Waals surface area (Å²) >= 11 is 0. The summed E-state index contributed by atoms with van der Waals surface area (Å²) in [5, 5.41) is 0. The first-order valence-corrected chi connectivity index (χ1v) is 5.06. The molecule has 5 nitrogen and oxygen atoms in total. The van der Waals surface area contributed by atoms with Gasteiger partial charge in [0, 0.05) is 18.7 Å². The maximum Gasteiger partial charge on any atom is 0.330 e. The normalized spacial score (nSPS) is 34.2. The molecular formula is C10H13FN2O3. The molecule has 0 aromatic carbocycles. The number of rotatable bonds is 1. The van der Waals surface area contributed by atoms with E-state index >= 15 is 0 Å². The summed E-state index contributed by atoms with van der Waals surface area (Å²) in [4.78, 5) is 24.4. The molecule has 1 fully saturated rings. The zero-order valence-electron chi connectivity index (χ0n) is 9.07. The van der Waals surface area contributed by atoms with Crippen molar-refractivity contribution in [3.05, 3.63) is 33.1 Å². The molecule has 3 atom stereocenters. The van der Waals surface area contributed by atoms with Crippen molar-refractivity contribution >= 4 is 0 Å². The van der Waals surface area contributed by atoms with Gasteiger partial charge in [-0.1, -0.05) is 0 Å². The van der Waals surface area contributed by atoms with Crippen molar-refractivity contribution in [2.45, 2.75) is 38.3 Å².